The quantitative estimate of drug-likeness (QED) is 0.175. The minimum Gasteiger partial charge on any atom is -0.245 e. The Bertz CT molecular complexity index is 1760. The Hall–Kier alpha value is -4.44. The zero-order valence-electron chi connectivity index (χ0n) is 33.1. The average molecular weight is 708 g/mol. The maximum atomic E-state index is 4.88. The van der Waals surface area contributed by atoms with E-state index in [9.17, 15) is 0 Å². The monoisotopic (exact) mass is 707 g/mol. The summed E-state index contributed by atoms with van der Waals surface area (Å²) in [7, 11) is 0. The Morgan fingerprint density at radius 2 is 1.29 bits per heavy atom. The van der Waals surface area contributed by atoms with Gasteiger partial charge in [0, 0.05) is 58.9 Å². The molecule has 0 bridgehead atoms. The SMILES string of the molecule is CC(C)(C)c1ccncn1.CC(C)(C)c1cncnc1.CC(C)(C)c1ncccn1.CC(C)n1ncc2c(C(C)(C)C)cc(-c3cccs3)nc21. The second-order valence-corrected chi connectivity index (χ2v) is 17.7. The van der Waals surface area contributed by atoms with Gasteiger partial charge in [-0.3, -0.25) is 0 Å². The fourth-order valence-electron chi connectivity index (χ4n) is 4.67. The summed E-state index contributed by atoms with van der Waals surface area (Å²) in [5.41, 5.74) is 6.05. The second kappa shape index (κ2) is 17.2. The van der Waals surface area contributed by atoms with E-state index in [-0.39, 0.29) is 21.7 Å². The molecule has 0 N–H and O–H groups in total. The summed E-state index contributed by atoms with van der Waals surface area (Å²) in [4.78, 5) is 30.2. The van der Waals surface area contributed by atoms with Gasteiger partial charge in [0.15, 0.2) is 5.65 Å². The van der Waals surface area contributed by atoms with Crippen LogP contribution in [0.2, 0.25) is 0 Å². The molecule has 0 radical (unpaired) electrons. The lowest BCUT2D eigenvalue weighted by Gasteiger charge is -2.21. The molecular formula is C41H57N9S. The number of pyridine rings is 1. The third-order valence-corrected chi connectivity index (χ3v) is 8.54. The lowest BCUT2D eigenvalue weighted by molar-refractivity contribution is 0.545. The van der Waals surface area contributed by atoms with Gasteiger partial charge in [0.25, 0.3) is 0 Å². The molecule has 6 aromatic rings. The van der Waals surface area contributed by atoms with Crippen LogP contribution in [0.15, 0.2) is 85.5 Å². The smallest absolute Gasteiger partial charge is 0.158 e. The van der Waals surface area contributed by atoms with Gasteiger partial charge in [-0.1, -0.05) is 89.2 Å². The van der Waals surface area contributed by atoms with Crippen molar-refractivity contribution in [2.75, 3.05) is 0 Å². The van der Waals surface area contributed by atoms with Crippen LogP contribution >= 0.6 is 11.3 Å². The van der Waals surface area contributed by atoms with E-state index in [4.69, 9.17) is 4.98 Å². The molecule has 0 aromatic carbocycles. The van der Waals surface area contributed by atoms with Gasteiger partial charge in [-0.05, 0) is 65.4 Å². The first-order chi connectivity index (χ1) is 23.7. The highest BCUT2D eigenvalue weighted by atomic mass is 32.1. The molecule has 0 spiro atoms. The van der Waals surface area contributed by atoms with Gasteiger partial charge < -0.3 is 0 Å². The van der Waals surface area contributed by atoms with Crippen molar-refractivity contribution in [1.29, 1.82) is 0 Å². The molecule has 6 rings (SSSR count). The number of fused-ring (bicyclic) bond motifs is 1. The lowest BCUT2D eigenvalue weighted by Crippen LogP contribution is -2.14. The summed E-state index contributed by atoms with van der Waals surface area (Å²) in [6.45, 7) is 30.1. The van der Waals surface area contributed by atoms with Crippen LogP contribution in [-0.2, 0) is 21.7 Å². The van der Waals surface area contributed by atoms with Gasteiger partial charge in [-0.15, -0.1) is 11.3 Å². The number of hydrogen-bond donors (Lipinski definition) is 0. The summed E-state index contributed by atoms with van der Waals surface area (Å²) >= 11 is 1.73. The standard InChI is InChI=1S/C17H21N3S.3C8H12N2/c1-11(2)20-16-12(10-18-20)13(17(3,4)5)9-14(19-16)15-7-6-8-21-15;1-8(2,3)7-4-9-6-10-5-7;1-8(2,3)7-4-5-9-6-10-7;1-8(2,3)7-9-5-4-6-10-7/h6-11H,1-5H3;3*4-6H,1-3H3. The average Bonchev–Trinajstić information content (AvgIpc) is 3.76. The molecular weight excluding hydrogens is 651 g/mol. The van der Waals surface area contributed by atoms with Crippen LogP contribution in [0.5, 0.6) is 0 Å². The van der Waals surface area contributed by atoms with Crippen LogP contribution in [0.1, 0.15) is 126 Å². The van der Waals surface area contributed by atoms with E-state index in [2.05, 4.69) is 156 Å². The number of nitrogens with zero attached hydrogens (tertiary/aromatic N) is 9. The van der Waals surface area contributed by atoms with E-state index in [0.717, 1.165) is 28.2 Å². The summed E-state index contributed by atoms with van der Waals surface area (Å²) in [6, 6.07) is 10.5. The van der Waals surface area contributed by atoms with Crippen LogP contribution in [0.25, 0.3) is 21.6 Å². The summed E-state index contributed by atoms with van der Waals surface area (Å²) in [5.74, 6) is 0.898. The Kier molecular flexibility index (Phi) is 13.8. The Morgan fingerprint density at radius 3 is 1.71 bits per heavy atom. The highest BCUT2D eigenvalue weighted by Gasteiger charge is 2.22. The van der Waals surface area contributed by atoms with E-state index >= 15 is 0 Å². The maximum Gasteiger partial charge on any atom is 0.158 e. The minimum absolute atomic E-state index is 0.0675. The highest BCUT2D eigenvalue weighted by Crippen LogP contribution is 2.34. The van der Waals surface area contributed by atoms with E-state index < -0.39 is 0 Å². The molecule has 9 nitrogen and oxygen atoms in total. The third kappa shape index (κ3) is 12.4. The van der Waals surface area contributed by atoms with Crippen molar-refractivity contribution in [3.05, 3.63) is 108 Å². The summed E-state index contributed by atoms with van der Waals surface area (Å²) in [6.07, 6.45) is 14.1. The fourth-order valence-corrected chi connectivity index (χ4v) is 5.36. The molecule has 272 valence electrons. The normalized spacial score (nSPS) is 11.9. The second-order valence-electron chi connectivity index (χ2n) is 16.7. The van der Waals surface area contributed by atoms with Gasteiger partial charge >= 0.3 is 0 Å². The number of hydrogen-bond acceptors (Lipinski definition) is 9. The molecule has 51 heavy (non-hydrogen) atoms. The zero-order chi connectivity index (χ0) is 38.0. The highest BCUT2D eigenvalue weighted by molar-refractivity contribution is 7.13. The van der Waals surface area contributed by atoms with Crippen molar-refractivity contribution < 1.29 is 0 Å². The van der Waals surface area contributed by atoms with Crippen molar-refractivity contribution >= 4 is 22.4 Å². The Balaban J connectivity index is 0.000000199. The molecule has 10 heteroatoms. The van der Waals surface area contributed by atoms with Crippen LogP contribution in [-0.4, -0.2) is 44.7 Å². The van der Waals surface area contributed by atoms with Gasteiger partial charge in [-0.2, -0.15) is 5.10 Å². The van der Waals surface area contributed by atoms with E-state index in [0.29, 0.717) is 6.04 Å². The van der Waals surface area contributed by atoms with Crippen LogP contribution < -0.4 is 0 Å². The molecule has 6 aromatic heterocycles. The molecule has 0 atom stereocenters. The first-order valence-electron chi connectivity index (χ1n) is 17.4. The van der Waals surface area contributed by atoms with Gasteiger partial charge in [0.1, 0.15) is 18.5 Å². The van der Waals surface area contributed by atoms with Gasteiger partial charge in [-0.25, -0.2) is 39.6 Å². The maximum absolute atomic E-state index is 4.88. The number of rotatable bonds is 2. The topological polar surface area (TPSA) is 108 Å². The Morgan fingerprint density at radius 1 is 0.647 bits per heavy atom. The minimum atomic E-state index is 0.0675. The molecule has 0 saturated heterocycles. The molecule has 0 aliphatic heterocycles. The first-order valence-corrected chi connectivity index (χ1v) is 18.3. The summed E-state index contributed by atoms with van der Waals surface area (Å²) < 4.78 is 2.02. The zero-order valence-corrected chi connectivity index (χ0v) is 33.9. The van der Waals surface area contributed by atoms with E-state index in [1.807, 2.05) is 35.4 Å². The van der Waals surface area contributed by atoms with Crippen molar-refractivity contribution in [1.82, 2.24) is 44.7 Å². The molecule has 0 unspecified atom stereocenters. The lowest BCUT2D eigenvalue weighted by atomic mass is 9.85. The van der Waals surface area contributed by atoms with Crippen molar-refractivity contribution in [2.24, 2.45) is 0 Å². The third-order valence-electron chi connectivity index (χ3n) is 7.65. The largest absolute Gasteiger partial charge is 0.245 e. The van der Waals surface area contributed by atoms with Crippen LogP contribution in [0, 0.1) is 0 Å². The molecule has 0 aliphatic carbocycles. The van der Waals surface area contributed by atoms with Crippen molar-refractivity contribution in [3.63, 3.8) is 0 Å². The van der Waals surface area contributed by atoms with Crippen molar-refractivity contribution in [3.8, 4) is 10.6 Å². The first kappa shape index (κ1) is 41.0. The van der Waals surface area contributed by atoms with E-state index in [1.54, 1.807) is 42.6 Å². The molecule has 6 heterocycles. The predicted octanol–water partition coefficient (Wildman–Crippen LogP) is 10.4. The number of aromatic nitrogens is 9. The molecule has 0 aliphatic rings. The summed E-state index contributed by atoms with van der Waals surface area (Å²) in [5, 5.41) is 7.81. The molecule has 0 fully saturated rings. The van der Waals surface area contributed by atoms with Crippen molar-refractivity contribution in [2.45, 2.75) is 125 Å². The number of thiophene rings is 1. The van der Waals surface area contributed by atoms with Crippen LogP contribution in [0.4, 0.5) is 0 Å². The Labute approximate surface area is 309 Å². The van der Waals surface area contributed by atoms with Gasteiger partial charge in [0.05, 0.1) is 16.8 Å². The molecule has 0 saturated carbocycles. The van der Waals surface area contributed by atoms with Crippen LogP contribution in [0.3, 0.4) is 0 Å². The fraction of sp³-hybridized carbons (Fsp3) is 0.463. The molecule has 0 amide bonds. The van der Waals surface area contributed by atoms with Gasteiger partial charge in [0.2, 0.25) is 0 Å². The van der Waals surface area contributed by atoms with E-state index in [1.165, 1.54) is 16.0 Å². The predicted molar refractivity (Wildman–Crippen MR) is 212 cm³/mol.